The van der Waals surface area contributed by atoms with E-state index in [0.29, 0.717) is 5.69 Å². The molecule has 7 heteroatoms. The molecule has 1 heterocycles. The van der Waals surface area contributed by atoms with Crippen LogP contribution in [0.1, 0.15) is 12.6 Å². The van der Waals surface area contributed by atoms with Crippen molar-refractivity contribution in [1.82, 2.24) is 15.3 Å². The van der Waals surface area contributed by atoms with E-state index in [4.69, 9.17) is 5.11 Å². The van der Waals surface area contributed by atoms with E-state index in [2.05, 4.69) is 15.3 Å². The Hall–Kier alpha value is -1.50. The van der Waals surface area contributed by atoms with Gasteiger partial charge in [0.2, 0.25) is 5.91 Å². The summed E-state index contributed by atoms with van der Waals surface area (Å²) in [5.41, 5.74) is 0.681. The average molecular weight is 257 g/mol. The van der Waals surface area contributed by atoms with Crippen molar-refractivity contribution in [2.75, 3.05) is 11.5 Å². The number of carboxylic acids is 1. The molecule has 3 N–H and O–H groups in total. The van der Waals surface area contributed by atoms with E-state index >= 15 is 0 Å². The van der Waals surface area contributed by atoms with E-state index < -0.39 is 12.0 Å². The van der Waals surface area contributed by atoms with Crippen LogP contribution < -0.4 is 5.32 Å². The lowest BCUT2D eigenvalue weighted by atomic mass is 10.1. The maximum Gasteiger partial charge on any atom is 0.326 e. The minimum absolute atomic E-state index is 0.206. The third-order valence-corrected chi connectivity index (χ3v) is 2.92. The fraction of sp³-hybridized carbons (Fsp3) is 0.500. The van der Waals surface area contributed by atoms with Crippen molar-refractivity contribution in [1.29, 1.82) is 0 Å². The Bertz CT molecular complexity index is 367. The lowest BCUT2D eigenvalue weighted by Crippen LogP contribution is -2.43. The normalized spacial score (nSPS) is 12.1. The fourth-order valence-corrected chi connectivity index (χ4v) is 1.72. The molecule has 0 aliphatic heterocycles. The molecule has 0 radical (unpaired) electrons. The van der Waals surface area contributed by atoms with Crippen LogP contribution in [0.15, 0.2) is 12.5 Å². The predicted molar refractivity (Wildman–Crippen MR) is 64.9 cm³/mol. The summed E-state index contributed by atoms with van der Waals surface area (Å²) in [5.74, 6) is -0.201. The Morgan fingerprint density at radius 1 is 1.65 bits per heavy atom. The number of hydrogen-bond donors (Lipinski definition) is 3. The van der Waals surface area contributed by atoms with Gasteiger partial charge in [0.25, 0.3) is 0 Å². The zero-order valence-corrected chi connectivity index (χ0v) is 10.3. The standard InChI is InChI=1S/C10H15N3O3S/c1-2-17-5-9(14)13-8(10(15)16)3-7-4-11-6-12-7/h4,6,8H,2-3,5H2,1H3,(H,11,12)(H,13,14)(H,15,16)/t8-/m0/s1. The average Bonchev–Trinajstić information content (AvgIpc) is 2.78. The number of aliphatic carboxylic acids is 1. The van der Waals surface area contributed by atoms with Crippen molar-refractivity contribution in [2.45, 2.75) is 19.4 Å². The van der Waals surface area contributed by atoms with Gasteiger partial charge in [0.05, 0.1) is 12.1 Å². The van der Waals surface area contributed by atoms with Crippen LogP contribution >= 0.6 is 11.8 Å². The molecule has 6 nitrogen and oxygen atoms in total. The highest BCUT2D eigenvalue weighted by molar-refractivity contribution is 7.99. The van der Waals surface area contributed by atoms with Crippen LogP contribution in [0, 0.1) is 0 Å². The first kappa shape index (κ1) is 13.6. The van der Waals surface area contributed by atoms with E-state index in [1.54, 1.807) is 6.20 Å². The van der Waals surface area contributed by atoms with Crippen molar-refractivity contribution in [3.63, 3.8) is 0 Å². The quantitative estimate of drug-likeness (QED) is 0.652. The summed E-state index contributed by atoms with van der Waals surface area (Å²) < 4.78 is 0. The molecule has 0 aliphatic rings. The van der Waals surface area contributed by atoms with Crippen molar-refractivity contribution >= 4 is 23.6 Å². The maximum absolute atomic E-state index is 11.4. The highest BCUT2D eigenvalue weighted by Gasteiger charge is 2.20. The molecule has 1 rings (SSSR count). The number of nitrogens with zero attached hydrogens (tertiary/aromatic N) is 1. The number of carbonyl (C=O) groups excluding carboxylic acids is 1. The smallest absolute Gasteiger partial charge is 0.326 e. The van der Waals surface area contributed by atoms with Gasteiger partial charge in [-0.1, -0.05) is 6.92 Å². The number of H-pyrrole nitrogens is 1. The largest absolute Gasteiger partial charge is 0.480 e. The van der Waals surface area contributed by atoms with Gasteiger partial charge in [-0.05, 0) is 5.75 Å². The molecule has 0 saturated carbocycles. The summed E-state index contributed by atoms with van der Waals surface area (Å²) in [5, 5.41) is 11.5. The topological polar surface area (TPSA) is 95.1 Å². The SMILES string of the molecule is CCSCC(=O)N[C@@H](Cc1cnc[nH]1)C(=O)O. The van der Waals surface area contributed by atoms with Crippen molar-refractivity contribution in [2.24, 2.45) is 0 Å². The van der Waals surface area contributed by atoms with E-state index in [1.165, 1.54) is 18.1 Å². The first-order valence-electron chi connectivity index (χ1n) is 5.20. The first-order chi connectivity index (χ1) is 8.13. The van der Waals surface area contributed by atoms with Crippen LogP contribution in [0.5, 0.6) is 0 Å². The summed E-state index contributed by atoms with van der Waals surface area (Å²) in [4.78, 5) is 29.0. The number of aromatic amines is 1. The number of hydrogen-bond acceptors (Lipinski definition) is 4. The molecule has 1 amide bonds. The lowest BCUT2D eigenvalue weighted by Gasteiger charge is -2.13. The summed E-state index contributed by atoms with van der Waals surface area (Å²) in [7, 11) is 0. The molecular formula is C10H15N3O3S. The van der Waals surface area contributed by atoms with E-state index in [1.807, 2.05) is 6.92 Å². The van der Waals surface area contributed by atoms with Gasteiger partial charge in [-0.2, -0.15) is 11.8 Å². The molecule has 1 atom stereocenters. The van der Waals surface area contributed by atoms with Crippen molar-refractivity contribution < 1.29 is 14.7 Å². The second kappa shape index (κ2) is 6.95. The second-order valence-corrected chi connectivity index (χ2v) is 4.65. The molecule has 0 bridgehead atoms. The molecule has 0 spiro atoms. The van der Waals surface area contributed by atoms with E-state index in [9.17, 15) is 9.59 Å². The second-order valence-electron chi connectivity index (χ2n) is 3.38. The summed E-state index contributed by atoms with van der Waals surface area (Å²) in [6, 6.07) is -0.916. The highest BCUT2D eigenvalue weighted by Crippen LogP contribution is 2.01. The molecule has 17 heavy (non-hydrogen) atoms. The van der Waals surface area contributed by atoms with Crippen LogP contribution in [-0.2, 0) is 16.0 Å². The number of amides is 1. The minimum atomic E-state index is -1.05. The number of imidazole rings is 1. The zero-order valence-electron chi connectivity index (χ0n) is 9.47. The molecule has 0 aliphatic carbocycles. The Balaban J connectivity index is 2.49. The van der Waals surface area contributed by atoms with Gasteiger partial charge in [-0.25, -0.2) is 9.78 Å². The van der Waals surface area contributed by atoms with Crippen LogP contribution in [0.4, 0.5) is 0 Å². The van der Waals surface area contributed by atoms with E-state index in [-0.39, 0.29) is 18.1 Å². The Kier molecular flexibility index (Phi) is 5.55. The maximum atomic E-state index is 11.4. The number of nitrogens with one attached hydrogen (secondary N) is 2. The summed E-state index contributed by atoms with van der Waals surface area (Å²) in [6.07, 6.45) is 3.23. The number of aromatic nitrogens is 2. The minimum Gasteiger partial charge on any atom is -0.480 e. The van der Waals surface area contributed by atoms with Gasteiger partial charge in [0, 0.05) is 18.3 Å². The summed E-state index contributed by atoms with van der Waals surface area (Å²) in [6.45, 7) is 1.94. The van der Waals surface area contributed by atoms with Gasteiger partial charge < -0.3 is 15.4 Å². The van der Waals surface area contributed by atoms with Gasteiger partial charge in [-0.3, -0.25) is 4.79 Å². The first-order valence-corrected chi connectivity index (χ1v) is 6.36. The van der Waals surface area contributed by atoms with Gasteiger partial charge in [0.1, 0.15) is 6.04 Å². The Morgan fingerprint density at radius 2 is 2.41 bits per heavy atom. The Labute approximate surface area is 103 Å². The monoisotopic (exact) mass is 257 g/mol. The van der Waals surface area contributed by atoms with Crippen LogP contribution in [0.25, 0.3) is 0 Å². The van der Waals surface area contributed by atoms with E-state index in [0.717, 1.165) is 5.75 Å². The molecule has 0 fully saturated rings. The van der Waals surface area contributed by atoms with Crippen molar-refractivity contribution in [3.8, 4) is 0 Å². The lowest BCUT2D eigenvalue weighted by molar-refractivity contribution is -0.141. The van der Waals surface area contributed by atoms with Gasteiger partial charge >= 0.3 is 5.97 Å². The number of rotatable bonds is 7. The van der Waals surface area contributed by atoms with Crippen LogP contribution in [-0.4, -0.2) is 44.5 Å². The van der Waals surface area contributed by atoms with Crippen LogP contribution in [0.2, 0.25) is 0 Å². The fourth-order valence-electron chi connectivity index (χ4n) is 1.25. The number of thioether (sulfide) groups is 1. The third-order valence-electron chi connectivity index (χ3n) is 2.05. The van der Waals surface area contributed by atoms with Crippen molar-refractivity contribution in [3.05, 3.63) is 18.2 Å². The summed E-state index contributed by atoms with van der Waals surface area (Å²) >= 11 is 1.45. The van der Waals surface area contributed by atoms with Crippen LogP contribution in [0.3, 0.4) is 0 Å². The Morgan fingerprint density at radius 3 is 2.94 bits per heavy atom. The zero-order chi connectivity index (χ0) is 12.7. The molecule has 94 valence electrons. The third kappa shape index (κ3) is 4.90. The number of carbonyl (C=O) groups is 2. The molecular weight excluding hydrogens is 242 g/mol. The molecule has 0 saturated heterocycles. The number of carboxylic acid groups (broad SMARTS) is 1. The molecule has 0 aromatic carbocycles. The van der Waals surface area contributed by atoms with Gasteiger partial charge in [-0.15, -0.1) is 0 Å². The predicted octanol–water partition coefficient (Wildman–Crippen LogP) is 0.275. The van der Waals surface area contributed by atoms with Gasteiger partial charge in [0.15, 0.2) is 0 Å². The highest BCUT2D eigenvalue weighted by atomic mass is 32.2. The molecule has 0 unspecified atom stereocenters. The molecule has 1 aromatic heterocycles. The molecule has 1 aromatic rings.